The second-order valence-electron chi connectivity index (χ2n) is 5.18. The standard InChI is InChI=1S/C13H23N3O2/c1-3-9-4-6-10(7-5-9)12-15-13(18-16-12)11(14)8-17-2/h9-11H,3-8,14H2,1-2H3. The Morgan fingerprint density at radius 3 is 2.72 bits per heavy atom. The van der Waals surface area contributed by atoms with Crippen molar-refractivity contribution in [2.24, 2.45) is 11.7 Å². The molecule has 0 radical (unpaired) electrons. The minimum Gasteiger partial charge on any atom is -0.383 e. The van der Waals surface area contributed by atoms with Gasteiger partial charge in [-0.05, 0) is 31.6 Å². The Labute approximate surface area is 108 Å². The summed E-state index contributed by atoms with van der Waals surface area (Å²) in [4.78, 5) is 4.42. The Morgan fingerprint density at radius 2 is 2.11 bits per heavy atom. The molecule has 0 aromatic carbocycles. The molecular weight excluding hydrogens is 230 g/mol. The van der Waals surface area contributed by atoms with Gasteiger partial charge in [0.15, 0.2) is 5.82 Å². The van der Waals surface area contributed by atoms with E-state index >= 15 is 0 Å². The van der Waals surface area contributed by atoms with Gasteiger partial charge in [0.05, 0.1) is 6.61 Å². The van der Waals surface area contributed by atoms with Crippen LogP contribution in [-0.4, -0.2) is 23.9 Å². The summed E-state index contributed by atoms with van der Waals surface area (Å²) in [5.41, 5.74) is 5.87. The maximum atomic E-state index is 5.87. The second-order valence-corrected chi connectivity index (χ2v) is 5.18. The number of methoxy groups -OCH3 is 1. The Kier molecular flexibility index (Phi) is 4.72. The first kappa shape index (κ1) is 13.5. The Hall–Kier alpha value is -0.940. The van der Waals surface area contributed by atoms with Gasteiger partial charge in [0.1, 0.15) is 6.04 Å². The summed E-state index contributed by atoms with van der Waals surface area (Å²) in [5, 5.41) is 4.07. The van der Waals surface area contributed by atoms with Crippen LogP contribution in [0.15, 0.2) is 4.52 Å². The molecule has 1 atom stereocenters. The topological polar surface area (TPSA) is 74.2 Å². The molecule has 1 unspecified atom stereocenters. The zero-order chi connectivity index (χ0) is 13.0. The summed E-state index contributed by atoms with van der Waals surface area (Å²) in [6, 6.07) is -0.316. The van der Waals surface area contributed by atoms with Crippen molar-refractivity contribution in [3.05, 3.63) is 11.7 Å². The van der Waals surface area contributed by atoms with Crippen LogP contribution in [0, 0.1) is 5.92 Å². The molecule has 0 aliphatic heterocycles. The van der Waals surface area contributed by atoms with E-state index in [-0.39, 0.29) is 6.04 Å². The number of nitrogens with zero attached hydrogens (tertiary/aromatic N) is 2. The van der Waals surface area contributed by atoms with E-state index in [2.05, 4.69) is 17.1 Å². The molecule has 0 spiro atoms. The summed E-state index contributed by atoms with van der Waals surface area (Å²) in [6.07, 6.45) is 6.15. The highest BCUT2D eigenvalue weighted by Crippen LogP contribution is 2.35. The normalized spacial score (nSPS) is 26.2. The van der Waals surface area contributed by atoms with Crippen molar-refractivity contribution in [1.29, 1.82) is 0 Å². The molecule has 1 saturated carbocycles. The number of ether oxygens (including phenoxy) is 1. The van der Waals surface area contributed by atoms with E-state index in [4.69, 9.17) is 15.0 Å². The van der Waals surface area contributed by atoms with E-state index in [0.717, 1.165) is 24.6 Å². The minimum atomic E-state index is -0.316. The average molecular weight is 253 g/mol. The zero-order valence-corrected chi connectivity index (χ0v) is 11.3. The van der Waals surface area contributed by atoms with Crippen LogP contribution in [0.1, 0.15) is 62.7 Å². The number of rotatable bonds is 5. The van der Waals surface area contributed by atoms with Gasteiger partial charge in [-0.1, -0.05) is 18.5 Å². The molecule has 102 valence electrons. The summed E-state index contributed by atoms with van der Waals surface area (Å²) in [7, 11) is 1.61. The van der Waals surface area contributed by atoms with Crippen molar-refractivity contribution in [2.75, 3.05) is 13.7 Å². The van der Waals surface area contributed by atoms with Crippen molar-refractivity contribution in [2.45, 2.75) is 51.0 Å². The fourth-order valence-corrected chi connectivity index (χ4v) is 2.64. The molecule has 2 rings (SSSR count). The first-order chi connectivity index (χ1) is 8.74. The molecule has 1 aromatic rings. The largest absolute Gasteiger partial charge is 0.383 e. The molecule has 0 amide bonds. The minimum absolute atomic E-state index is 0.316. The van der Waals surface area contributed by atoms with E-state index in [0.29, 0.717) is 18.4 Å². The van der Waals surface area contributed by atoms with Gasteiger partial charge in [-0.15, -0.1) is 0 Å². The van der Waals surface area contributed by atoms with Crippen LogP contribution in [0.4, 0.5) is 0 Å². The third kappa shape index (κ3) is 3.09. The van der Waals surface area contributed by atoms with Gasteiger partial charge in [0.2, 0.25) is 5.89 Å². The number of aromatic nitrogens is 2. The molecule has 0 bridgehead atoms. The lowest BCUT2D eigenvalue weighted by molar-refractivity contribution is 0.166. The van der Waals surface area contributed by atoms with Gasteiger partial charge in [-0.25, -0.2) is 0 Å². The highest BCUT2D eigenvalue weighted by molar-refractivity contribution is 4.99. The van der Waals surface area contributed by atoms with Gasteiger partial charge >= 0.3 is 0 Å². The first-order valence-corrected chi connectivity index (χ1v) is 6.82. The van der Waals surface area contributed by atoms with Crippen molar-refractivity contribution < 1.29 is 9.26 Å². The van der Waals surface area contributed by atoms with Gasteiger partial charge in [-0.3, -0.25) is 0 Å². The van der Waals surface area contributed by atoms with Crippen LogP contribution in [0.25, 0.3) is 0 Å². The molecule has 5 heteroatoms. The van der Waals surface area contributed by atoms with E-state index in [1.165, 1.54) is 19.3 Å². The SMILES string of the molecule is CCC1CCC(c2noc(C(N)COC)n2)CC1. The maximum Gasteiger partial charge on any atom is 0.245 e. The van der Waals surface area contributed by atoms with Crippen molar-refractivity contribution >= 4 is 0 Å². The predicted molar refractivity (Wildman–Crippen MR) is 68.1 cm³/mol. The molecule has 1 aliphatic rings. The monoisotopic (exact) mass is 253 g/mol. The number of nitrogens with two attached hydrogens (primary N) is 1. The lowest BCUT2D eigenvalue weighted by Gasteiger charge is -2.25. The van der Waals surface area contributed by atoms with E-state index in [1.54, 1.807) is 7.11 Å². The number of hydrogen-bond acceptors (Lipinski definition) is 5. The third-order valence-electron chi connectivity index (χ3n) is 3.91. The van der Waals surface area contributed by atoms with Crippen LogP contribution in [0.5, 0.6) is 0 Å². The second kappa shape index (κ2) is 6.29. The maximum absolute atomic E-state index is 5.87. The van der Waals surface area contributed by atoms with Crippen molar-refractivity contribution in [3.8, 4) is 0 Å². The molecule has 0 saturated heterocycles. The lowest BCUT2D eigenvalue weighted by atomic mass is 9.80. The molecule has 2 N–H and O–H groups in total. The molecule has 5 nitrogen and oxygen atoms in total. The van der Waals surface area contributed by atoms with E-state index < -0.39 is 0 Å². The molecule has 1 aromatic heterocycles. The van der Waals surface area contributed by atoms with Gasteiger partial charge in [0, 0.05) is 13.0 Å². The van der Waals surface area contributed by atoms with E-state index in [9.17, 15) is 0 Å². The quantitative estimate of drug-likeness (QED) is 0.872. The molecule has 1 fully saturated rings. The van der Waals surface area contributed by atoms with Crippen LogP contribution >= 0.6 is 0 Å². The lowest BCUT2D eigenvalue weighted by Crippen LogP contribution is -2.17. The molecule has 1 heterocycles. The number of hydrogen-bond donors (Lipinski definition) is 1. The van der Waals surface area contributed by atoms with Gasteiger partial charge in [-0.2, -0.15) is 4.98 Å². The van der Waals surface area contributed by atoms with Gasteiger partial charge < -0.3 is 15.0 Å². The summed E-state index contributed by atoms with van der Waals surface area (Å²) in [6.45, 7) is 2.67. The van der Waals surface area contributed by atoms with Crippen molar-refractivity contribution in [1.82, 2.24) is 10.1 Å². The average Bonchev–Trinajstić information content (AvgIpc) is 2.89. The smallest absolute Gasteiger partial charge is 0.245 e. The fraction of sp³-hybridized carbons (Fsp3) is 0.846. The highest BCUT2D eigenvalue weighted by Gasteiger charge is 2.26. The van der Waals surface area contributed by atoms with Crippen molar-refractivity contribution in [3.63, 3.8) is 0 Å². The highest BCUT2D eigenvalue weighted by atomic mass is 16.5. The summed E-state index contributed by atoms with van der Waals surface area (Å²) in [5.74, 6) is 2.64. The summed E-state index contributed by atoms with van der Waals surface area (Å²) >= 11 is 0. The Morgan fingerprint density at radius 1 is 1.39 bits per heavy atom. The molecule has 1 aliphatic carbocycles. The van der Waals surface area contributed by atoms with Crippen LogP contribution in [0.3, 0.4) is 0 Å². The van der Waals surface area contributed by atoms with Crippen LogP contribution in [0.2, 0.25) is 0 Å². The first-order valence-electron chi connectivity index (χ1n) is 6.82. The molecule has 18 heavy (non-hydrogen) atoms. The van der Waals surface area contributed by atoms with Crippen LogP contribution in [-0.2, 0) is 4.74 Å². The van der Waals surface area contributed by atoms with Gasteiger partial charge in [0.25, 0.3) is 0 Å². The predicted octanol–water partition coefficient (Wildman–Crippen LogP) is 2.40. The molecular formula is C13H23N3O2. The zero-order valence-electron chi connectivity index (χ0n) is 11.3. The Bertz CT molecular complexity index is 359. The van der Waals surface area contributed by atoms with Crippen LogP contribution < -0.4 is 5.73 Å². The Balaban J connectivity index is 1.94. The fourth-order valence-electron chi connectivity index (χ4n) is 2.64. The summed E-state index contributed by atoms with van der Waals surface area (Å²) < 4.78 is 10.2. The van der Waals surface area contributed by atoms with E-state index in [1.807, 2.05) is 0 Å². The third-order valence-corrected chi connectivity index (χ3v) is 3.91.